The second kappa shape index (κ2) is 17.0. The van der Waals surface area contributed by atoms with Crippen molar-refractivity contribution in [2.75, 3.05) is 58.3 Å². The van der Waals surface area contributed by atoms with Gasteiger partial charge in [0, 0.05) is 46.6 Å². The number of urea groups is 1. The summed E-state index contributed by atoms with van der Waals surface area (Å²) in [5.74, 6) is 3.77. The van der Waals surface area contributed by atoms with E-state index < -0.39 is 5.92 Å². The first-order chi connectivity index (χ1) is 19.4. The van der Waals surface area contributed by atoms with E-state index in [1.54, 1.807) is 35.9 Å². The standard InChI is InChI=1S/C22H33F2N7O.C3H6O2.2C2H6/c1-15-18(31-9-3-8-22(23,24)14-31)7-6-17(27-15)20(25)19(28(2)26)13-30-11-10-29(21(30)32)12-16-4-5-16;1-3(4)5-2;2*1-2/h6-7,16H,3-5,8-14,25-26H2,1-2H3;1-2H3;2*1-2H3/b20-19-;;;. The van der Waals surface area contributed by atoms with Gasteiger partial charge in [0.2, 0.25) is 0 Å². The van der Waals surface area contributed by atoms with Crippen LogP contribution in [0.2, 0.25) is 0 Å². The van der Waals surface area contributed by atoms with E-state index in [1.807, 2.05) is 32.6 Å². The van der Waals surface area contributed by atoms with E-state index in [-0.39, 0.29) is 25.0 Å². The van der Waals surface area contributed by atoms with Crippen LogP contribution >= 0.6 is 0 Å². The number of hydrogen-bond donors (Lipinski definition) is 2. The van der Waals surface area contributed by atoms with Crippen molar-refractivity contribution in [2.24, 2.45) is 17.5 Å². The minimum absolute atomic E-state index is 0.00886. The summed E-state index contributed by atoms with van der Waals surface area (Å²) in [6.45, 7) is 13.9. The molecule has 3 heterocycles. The summed E-state index contributed by atoms with van der Waals surface area (Å²) in [5.41, 5.74) is 9.25. The van der Waals surface area contributed by atoms with Gasteiger partial charge in [-0.15, -0.1) is 0 Å². The number of nitrogens with zero attached hydrogens (tertiary/aromatic N) is 5. The van der Waals surface area contributed by atoms with Gasteiger partial charge in [0.1, 0.15) is 0 Å². The molecule has 0 atom stereocenters. The van der Waals surface area contributed by atoms with Crippen molar-refractivity contribution in [3.05, 3.63) is 29.2 Å². The number of hydrazine groups is 1. The van der Waals surface area contributed by atoms with Crippen LogP contribution in [-0.4, -0.2) is 91.1 Å². The Bertz CT molecular complexity index is 1020. The molecule has 2 amide bonds. The smallest absolute Gasteiger partial charge is 0.320 e. The Morgan fingerprint density at radius 1 is 1.15 bits per heavy atom. The lowest BCUT2D eigenvalue weighted by Gasteiger charge is -2.34. The number of methoxy groups -OCH3 is 1. The number of amides is 2. The van der Waals surface area contributed by atoms with E-state index >= 15 is 0 Å². The number of aromatic nitrogens is 1. The van der Waals surface area contributed by atoms with Crippen LogP contribution in [0.1, 0.15) is 71.7 Å². The van der Waals surface area contributed by atoms with E-state index in [9.17, 15) is 18.4 Å². The van der Waals surface area contributed by atoms with E-state index in [0.717, 1.165) is 6.54 Å². The third kappa shape index (κ3) is 11.0. The van der Waals surface area contributed by atoms with Crippen LogP contribution in [0.25, 0.3) is 5.70 Å². The lowest BCUT2D eigenvalue weighted by Crippen LogP contribution is -2.43. The quantitative estimate of drug-likeness (QED) is 0.275. The van der Waals surface area contributed by atoms with E-state index in [2.05, 4.69) is 9.72 Å². The van der Waals surface area contributed by atoms with E-state index in [0.29, 0.717) is 67.0 Å². The minimum atomic E-state index is -2.69. The number of rotatable bonds is 7. The Balaban J connectivity index is 0.000000831. The molecule has 0 unspecified atom stereocenters. The number of halogens is 2. The number of esters is 1. The van der Waals surface area contributed by atoms with Crippen molar-refractivity contribution < 1.29 is 23.1 Å². The highest BCUT2D eigenvalue weighted by Gasteiger charge is 2.36. The lowest BCUT2D eigenvalue weighted by molar-refractivity contribution is -0.137. The first-order valence-electron chi connectivity index (χ1n) is 14.6. The maximum atomic E-state index is 13.9. The zero-order valence-electron chi connectivity index (χ0n) is 26.2. The van der Waals surface area contributed by atoms with Gasteiger partial charge in [-0.25, -0.2) is 24.4 Å². The van der Waals surface area contributed by atoms with Gasteiger partial charge in [-0.3, -0.25) is 4.79 Å². The maximum Gasteiger partial charge on any atom is 0.320 e. The second-order valence-electron chi connectivity index (χ2n) is 9.94. The van der Waals surface area contributed by atoms with Crippen molar-refractivity contribution in [1.29, 1.82) is 0 Å². The van der Waals surface area contributed by atoms with Gasteiger partial charge < -0.3 is 30.2 Å². The normalized spacial score (nSPS) is 18.1. The fourth-order valence-electron chi connectivity index (χ4n) is 4.49. The molecule has 0 bridgehead atoms. The number of carbonyl (C=O) groups is 2. The molecular formula is C29H51F2N7O3. The molecule has 0 radical (unpaired) electrons. The molecule has 3 fully saturated rings. The summed E-state index contributed by atoms with van der Waals surface area (Å²) in [6.07, 6.45) is 2.76. The number of alkyl halides is 2. The summed E-state index contributed by atoms with van der Waals surface area (Å²) in [4.78, 5) is 32.3. The van der Waals surface area contributed by atoms with E-state index in [4.69, 9.17) is 11.6 Å². The number of piperidine rings is 1. The van der Waals surface area contributed by atoms with Crippen LogP contribution in [0.3, 0.4) is 0 Å². The zero-order chi connectivity index (χ0) is 31.3. The Hall–Kier alpha value is -3.15. The van der Waals surface area contributed by atoms with Crippen LogP contribution < -0.4 is 16.5 Å². The predicted molar refractivity (Wildman–Crippen MR) is 160 cm³/mol. The largest absolute Gasteiger partial charge is 0.469 e. The molecule has 3 aliphatic rings. The number of pyridine rings is 1. The molecule has 4 rings (SSSR count). The van der Waals surface area contributed by atoms with Gasteiger partial charge in [-0.2, -0.15) is 0 Å². The van der Waals surface area contributed by atoms with Crippen molar-refractivity contribution in [1.82, 2.24) is 19.8 Å². The highest BCUT2D eigenvalue weighted by atomic mass is 19.3. The molecule has 2 saturated heterocycles. The van der Waals surface area contributed by atoms with Gasteiger partial charge >= 0.3 is 12.0 Å². The molecule has 2 aliphatic heterocycles. The van der Waals surface area contributed by atoms with Gasteiger partial charge in [0.25, 0.3) is 5.92 Å². The van der Waals surface area contributed by atoms with Crippen LogP contribution in [0.4, 0.5) is 19.3 Å². The molecule has 1 aromatic rings. The average Bonchev–Trinajstić information content (AvgIpc) is 3.71. The number of anilines is 1. The van der Waals surface area contributed by atoms with Crippen molar-refractivity contribution in [3.63, 3.8) is 0 Å². The average molecular weight is 584 g/mol. The van der Waals surface area contributed by atoms with Gasteiger partial charge in [-0.05, 0) is 44.2 Å². The molecule has 1 aromatic heterocycles. The van der Waals surface area contributed by atoms with Gasteiger partial charge in [0.15, 0.2) is 0 Å². The van der Waals surface area contributed by atoms with Crippen LogP contribution in [0, 0.1) is 12.8 Å². The predicted octanol–water partition coefficient (Wildman–Crippen LogP) is 4.44. The highest BCUT2D eigenvalue weighted by Crippen LogP contribution is 2.32. The van der Waals surface area contributed by atoms with E-state index in [1.165, 1.54) is 31.9 Å². The zero-order valence-corrected chi connectivity index (χ0v) is 26.2. The fraction of sp³-hybridized carbons (Fsp3) is 0.690. The monoisotopic (exact) mass is 583 g/mol. The highest BCUT2D eigenvalue weighted by molar-refractivity contribution is 5.77. The topological polar surface area (TPSA) is 121 Å². The van der Waals surface area contributed by atoms with Crippen LogP contribution in [-0.2, 0) is 9.53 Å². The molecule has 4 N–H and O–H groups in total. The molecule has 1 aliphatic carbocycles. The molecule has 0 aromatic carbocycles. The third-order valence-electron chi connectivity index (χ3n) is 6.79. The minimum Gasteiger partial charge on any atom is -0.469 e. The van der Waals surface area contributed by atoms with Crippen LogP contribution in [0.5, 0.6) is 0 Å². The number of nitrogens with two attached hydrogens (primary N) is 2. The Labute approximate surface area is 244 Å². The molecule has 12 heteroatoms. The van der Waals surface area contributed by atoms with Crippen molar-refractivity contribution >= 4 is 23.4 Å². The molecule has 10 nitrogen and oxygen atoms in total. The number of hydrogen-bond acceptors (Lipinski definition) is 8. The summed E-state index contributed by atoms with van der Waals surface area (Å²) < 4.78 is 31.8. The van der Waals surface area contributed by atoms with Crippen LogP contribution in [0.15, 0.2) is 17.8 Å². The summed E-state index contributed by atoms with van der Waals surface area (Å²) >= 11 is 0. The van der Waals surface area contributed by atoms with Crippen molar-refractivity contribution in [2.45, 2.75) is 73.1 Å². The number of aryl methyl sites for hydroxylation is 1. The van der Waals surface area contributed by atoms with Gasteiger partial charge in [0.05, 0.1) is 48.7 Å². The molecule has 234 valence electrons. The van der Waals surface area contributed by atoms with Gasteiger partial charge in [-0.1, -0.05) is 27.7 Å². The molecule has 0 spiro atoms. The summed E-state index contributed by atoms with van der Waals surface area (Å²) in [7, 11) is 3.03. The Kier molecular flexibility index (Phi) is 14.8. The molecular weight excluding hydrogens is 532 g/mol. The number of likely N-dealkylation sites (N-methyl/N-ethyl adjacent to an activating group) is 1. The Morgan fingerprint density at radius 2 is 1.73 bits per heavy atom. The number of ether oxygens (including phenoxy) is 1. The first-order valence-corrected chi connectivity index (χ1v) is 14.6. The lowest BCUT2D eigenvalue weighted by atomic mass is 10.1. The summed E-state index contributed by atoms with van der Waals surface area (Å²) in [5, 5.41) is 1.42. The third-order valence-corrected chi connectivity index (χ3v) is 6.79. The molecule has 1 saturated carbocycles. The van der Waals surface area contributed by atoms with Crippen molar-refractivity contribution in [3.8, 4) is 0 Å². The second-order valence-corrected chi connectivity index (χ2v) is 9.94. The first kappa shape index (κ1) is 35.9. The SMILES string of the molecule is CC.CC.COC(C)=O.Cc1nc(/C(N)=C(\CN2CCN(CC3CC3)C2=O)N(C)N)ccc1N1CCCC(F)(F)C1. The summed E-state index contributed by atoms with van der Waals surface area (Å²) in [6, 6.07) is 3.53. The maximum absolute atomic E-state index is 13.9. The Morgan fingerprint density at radius 3 is 2.22 bits per heavy atom. The molecule has 41 heavy (non-hydrogen) atoms. The fourth-order valence-corrected chi connectivity index (χ4v) is 4.49. The number of carbonyl (C=O) groups excluding carboxylic acids is 2.